The minimum atomic E-state index is 0.406. The van der Waals surface area contributed by atoms with Crippen molar-refractivity contribution in [2.45, 2.75) is 31.8 Å². The summed E-state index contributed by atoms with van der Waals surface area (Å²) in [5.41, 5.74) is 6.69. The third-order valence-corrected chi connectivity index (χ3v) is 5.67. The van der Waals surface area contributed by atoms with Gasteiger partial charge < -0.3 is 15.2 Å². The fraction of sp³-hybridized carbons (Fsp3) is 0.333. The van der Waals surface area contributed by atoms with E-state index >= 15 is 0 Å². The molecule has 1 aliphatic rings. The number of nitrogens with one attached hydrogen (secondary N) is 2. The molecule has 1 atom stereocenters. The van der Waals surface area contributed by atoms with Gasteiger partial charge in [0.2, 0.25) is 0 Å². The molecule has 0 fully saturated rings. The topological polar surface area (TPSA) is 31.1 Å². The Labute approximate surface area is 157 Å². The van der Waals surface area contributed by atoms with Crippen LogP contribution in [0.3, 0.4) is 0 Å². The number of aromatic nitrogens is 1. The highest BCUT2D eigenvalue weighted by atomic mass is 79.9. The van der Waals surface area contributed by atoms with E-state index in [1.165, 1.54) is 52.7 Å². The molecule has 130 valence electrons. The lowest BCUT2D eigenvalue weighted by Gasteiger charge is -2.24. The van der Waals surface area contributed by atoms with Crippen molar-refractivity contribution >= 4 is 32.5 Å². The molecule has 3 nitrogen and oxygen atoms in total. The van der Waals surface area contributed by atoms with Crippen LogP contribution < -0.4 is 10.2 Å². The van der Waals surface area contributed by atoms with E-state index in [-0.39, 0.29) is 0 Å². The van der Waals surface area contributed by atoms with Gasteiger partial charge in [-0.1, -0.05) is 28.1 Å². The highest BCUT2D eigenvalue weighted by Crippen LogP contribution is 2.35. The molecule has 1 aliphatic carbocycles. The summed E-state index contributed by atoms with van der Waals surface area (Å²) in [4.78, 5) is 5.80. The van der Waals surface area contributed by atoms with Crippen molar-refractivity contribution in [3.63, 3.8) is 0 Å². The standard InChI is InChI=1S/C21H24BrN3/c1-25(2)16-9-6-14(7-10-16)13-23-20-5-3-4-17-18-12-15(22)8-11-19(18)24-21(17)20/h6-12,20,23-24H,3-5,13H2,1-2H3/t20-/m1/s1. The zero-order chi connectivity index (χ0) is 17.4. The Morgan fingerprint density at radius 3 is 2.72 bits per heavy atom. The molecular weight excluding hydrogens is 374 g/mol. The second-order valence-corrected chi connectivity index (χ2v) is 8.01. The average molecular weight is 398 g/mol. The van der Waals surface area contributed by atoms with E-state index in [4.69, 9.17) is 0 Å². The lowest BCUT2D eigenvalue weighted by Crippen LogP contribution is -2.24. The van der Waals surface area contributed by atoms with E-state index in [1.54, 1.807) is 0 Å². The fourth-order valence-electron chi connectivity index (χ4n) is 3.79. The number of nitrogens with zero attached hydrogens (tertiary/aromatic N) is 1. The van der Waals surface area contributed by atoms with E-state index in [1.807, 2.05) is 0 Å². The minimum absolute atomic E-state index is 0.406. The Morgan fingerprint density at radius 1 is 1.16 bits per heavy atom. The van der Waals surface area contributed by atoms with Gasteiger partial charge in [-0.15, -0.1) is 0 Å². The predicted molar refractivity (Wildman–Crippen MR) is 109 cm³/mol. The first kappa shape index (κ1) is 16.7. The number of anilines is 1. The van der Waals surface area contributed by atoms with Gasteiger partial charge in [-0.05, 0) is 60.7 Å². The van der Waals surface area contributed by atoms with Gasteiger partial charge in [-0.2, -0.15) is 0 Å². The SMILES string of the molecule is CN(C)c1ccc(CN[C@@H]2CCCc3c2[nH]c2ccc(Br)cc32)cc1. The molecule has 25 heavy (non-hydrogen) atoms. The molecule has 0 amide bonds. The van der Waals surface area contributed by atoms with Gasteiger partial charge in [0.15, 0.2) is 0 Å². The molecule has 2 N–H and O–H groups in total. The van der Waals surface area contributed by atoms with Crippen molar-refractivity contribution in [1.29, 1.82) is 0 Å². The molecule has 0 aliphatic heterocycles. The van der Waals surface area contributed by atoms with Crippen LogP contribution in [-0.2, 0) is 13.0 Å². The van der Waals surface area contributed by atoms with Gasteiger partial charge in [-0.25, -0.2) is 0 Å². The highest BCUT2D eigenvalue weighted by Gasteiger charge is 2.23. The van der Waals surface area contributed by atoms with Crippen molar-refractivity contribution in [2.24, 2.45) is 0 Å². The summed E-state index contributed by atoms with van der Waals surface area (Å²) in [5.74, 6) is 0. The molecule has 0 saturated carbocycles. The summed E-state index contributed by atoms with van der Waals surface area (Å²) in [5, 5.41) is 5.13. The number of fused-ring (bicyclic) bond motifs is 3. The molecule has 4 rings (SSSR count). The lowest BCUT2D eigenvalue weighted by molar-refractivity contribution is 0.452. The van der Waals surface area contributed by atoms with Crippen molar-refractivity contribution in [3.8, 4) is 0 Å². The number of hydrogen-bond donors (Lipinski definition) is 2. The third kappa shape index (κ3) is 3.33. The van der Waals surface area contributed by atoms with Gasteiger partial charge in [0.25, 0.3) is 0 Å². The van der Waals surface area contributed by atoms with Crippen LogP contribution in [0.5, 0.6) is 0 Å². The third-order valence-electron chi connectivity index (χ3n) is 5.17. The Hall–Kier alpha value is -1.78. The largest absolute Gasteiger partial charge is 0.378 e. The number of halogens is 1. The number of hydrogen-bond acceptors (Lipinski definition) is 2. The molecule has 2 aromatic carbocycles. The normalized spacial score (nSPS) is 16.8. The summed E-state index contributed by atoms with van der Waals surface area (Å²) in [6.07, 6.45) is 3.60. The summed E-state index contributed by atoms with van der Waals surface area (Å²) in [6, 6.07) is 15.7. The zero-order valence-electron chi connectivity index (χ0n) is 14.8. The van der Waals surface area contributed by atoms with E-state index in [9.17, 15) is 0 Å². The number of aryl methyl sites for hydroxylation is 1. The Kier molecular flexibility index (Phi) is 4.57. The Morgan fingerprint density at radius 2 is 1.96 bits per heavy atom. The quantitative estimate of drug-likeness (QED) is 0.636. The summed E-state index contributed by atoms with van der Waals surface area (Å²) in [7, 11) is 4.15. The second kappa shape index (κ2) is 6.85. The predicted octanol–water partition coefficient (Wildman–Crippen LogP) is 5.16. The van der Waals surface area contributed by atoms with Crippen LogP contribution in [0.1, 0.15) is 35.7 Å². The van der Waals surface area contributed by atoms with Crippen LogP contribution in [-0.4, -0.2) is 19.1 Å². The first-order valence-corrected chi connectivity index (χ1v) is 9.71. The molecule has 0 spiro atoms. The van der Waals surface area contributed by atoms with E-state index < -0.39 is 0 Å². The van der Waals surface area contributed by atoms with Crippen molar-refractivity contribution in [3.05, 3.63) is 63.8 Å². The maximum absolute atomic E-state index is 3.76. The minimum Gasteiger partial charge on any atom is -0.378 e. The molecule has 1 heterocycles. The number of aromatic amines is 1. The second-order valence-electron chi connectivity index (χ2n) is 7.09. The number of H-pyrrole nitrogens is 1. The van der Waals surface area contributed by atoms with Gasteiger partial charge in [0.05, 0.1) is 0 Å². The van der Waals surface area contributed by atoms with E-state index in [2.05, 4.69) is 87.7 Å². The van der Waals surface area contributed by atoms with Crippen molar-refractivity contribution in [2.75, 3.05) is 19.0 Å². The zero-order valence-corrected chi connectivity index (χ0v) is 16.4. The maximum atomic E-state index is 3.76. The first-order valence-electron chi connectivity index (χ1n) is 8.91. The van der Waals surface area contributed by atoms with Crippen LogP contribution in [0, 0.1) is 0 Å². The molecule has 0 unspecified atom stereocenters. The smallest absolute Gasteiger partial charge is 0.0478 e. The Balaban J connectivity index is 1.54. The molecule has 0 radical (unpaired) electrons. The van der Waals surface area contributed by atoms with Gasteiger partial charge in [0, 0.05) is 53.4 Å². The summed E-state index contributed by atoms with van der Waals surface area (Å²) >= 11 is 3.60. The molecule has 3 aromatic rings. The van der Waals surface area contributed by atoms with Crippen LogP contribution >= 0.6 is 15.9 Å². The van der Waals surface area contributed by atoms with Gasteiger partial charge in [-0.3, -0.25) is 0 Å². The number of rotatable bonds is 4. The molecule has 1 aromatic heterocycles. The number of benzene rings is 2. The maximum Gasteiger partial charge on any atom is 0.0478 e. The van der Waals surface area contributed by atoms with Crippen LogP contribution in [0.15, 0.2) is 46.9 Å². The van der Waals surface area contributed by atoms with Crippen LogP contribution in [0.4, 0.5) is 5.69 Å². The van der Waals surface area contributed by atoms with Crippen LogP contribution in [0.2, 0.25) is 0 Å². The van der Waals surface area contributed by atoms with Gasteiger partial charge in [0.1, 0.15) is 0 Å². The van der Waals surface area contributed by atoms with E-state index in [0.717, 1.165) is 11.0 Å². The van der Waals surface area contributed by atoms with Crippen LogP contribution in [0.25, 0.3) is 10.9 Å². The molecule has 0 bridgehead atoms. The van der Waals surface area contributed by atoms with Gasteiger partial charge >= 0.3 is 0 Å². The first-order chi connectivity index (χ1) is 12.1. The highest BCUT2D eigenvalue weighted by molar-refractivity contribution is 9.10. The van der Waals surface area contributed by atoms with E-state index in [0.29, 0.717) is 6.04 Å². The lowest BCUT2D eigenvalue weighted by atomic mass is 9.91. The summed E-state index contributed by atoms with van der Waals surface area (Å²) < 4.78 is 1.15. The molecule has 0 saturated heterocycles. The Bertz CT molecular complexity index is 880. The monoisotopic (exact) mass is 397 g/mol. The average Bonchev–Trinajstić information content (AvgIpc) is 2.99. The molecular formula is C21H24BrN3. The van der Waals surface area contributed by atoms with Crippen molar-refractivity contribution < 1.29 is 0 Å². The molecule has 4 heteroatoms. The fourth-order valence-corrected chi connectivity index (χ4v) is 4.15. The summed E-state index contributed by atoms with van der Waals surface area (Å²) in [6.45, 7) is 0.900. The van der Waals surface area contributed by atoms with Crippen molar-refractivity contribution in [1.82, 2.24) is 10.3 Å².